The topological polar surface area (TPSA) is 29.5 Å². The molecule has 19 heavy (non-hydrogen) atoms. The number of hydrogen-bond acceptors (Lipinski definition) is 2. The number of halogens is 2. The molecular formula is C15H20BrFO2. The van der Waals surface area contributed by atoms with Gasteiger partial charge in [-0.2, -0.15) is 0 Å². The van der Waals surface area contributed by atoms with Crippen molar-refractivity contribution in [3.05, 3.63) is 34.1 Å². The second-order valence-corrected chi connectivity index (χ2v) is 6.57. The van der Waals surface area contributed by atoms with E-state index in [0.717, 1.165) is 12.0 Å². The number of benzene rings is 1. The molecule has 0 amide bonds. The van der Waals surface area contributed by atoms with E-state index in [4.69, 9.17) is 4.74 Å². The van der Waals surface area contributed by atoms with Gasteiger partial charge in [0.1, 0.15) is 5.82 Å². The Labute approximate surface area is 122 Å². The van der Waals surface area contributed by atoms with Crippen LogP contribution in [0.3, 0.4) is 0 Å². The van der Waals surface area contributed by atoms with Crippen LogP contribution in [0, 0.1) is 5.82 Å². The molecule has 2 atom stereocenters. The van der Waals surface area contributed by atoms with Gasteiger partial charge < -0.3 is 9.84 Å². The van der Waals surface area contributed by atoms with E-state index >= 15 is 0 Å². The third-order valence-electron chi connectivity index (χ3n) is 4.00. The Balaban J connectivity index is 2.16. The lowest BCUT2D eigenvalue weighted by Crippen LogP contribution is -2.48. The molecule has 4 heteroatoms. The minimum atomic E-state index is -0.774. The summed E-state index contributed by atoms with van der Waals surface area (Å²) in [6, 6.07) is 4.61. The molecule has 1 aromatic rings. The Morgan fingerprint density at radius 2 is 2.21 bits per heavy atom. The van der Waals surface area contributed by atoms with E-state index in [2.05, 4.69) is 22.9 Å². The molecule has 2 rings (SSSR count). The molecule has 2 unspecified atom stereocenters. The van der Waals surface area contributed by atoms with Crippen LogP contribution in [0.25, 0.3) is 0 Å². The van der Waals surface area contributed by atoms with E-state index < -0.39 is 5.60 Å². The van der Waals surface area contributed by atoms with E-state index in [1.54, 1.807) is 6.07 Å². The van der Waals surface area contributed by atoms with E-state index in [1.165, 1.54) is 12.1 Å². The van der Waals surface area contributed by atoms with E-state index in [-0.39, 0.29) is 11.4 Å². The number of hydrogen-bond donors (Lipinski definition) is 1. The average molecular weight is 331 g/mol. The van der Waals surface area contributed by atoms with Crippen molar-refractivity contribution in [2.24, 2.45) is 0 Å². The monoisotopic (exact) mass is 330 g/mol. The first kappa shape index (κ1) is 14.9. The van der Waals surface area contributed by atoms with Gasteiger partial charge in [0.15, 0.2) is 0 Å². The highest BCUT2D eigenvalue weighted by Crippen LogP contribution is 2.37. The van der Waals surface area contributed by atoms with E-state index in [9.17, 15) is 9.50 Å². The zero-order valence-corrected chi connectivity index (χ0v) is 13.0. The summed E-state index contributed by atoms with van der Waals surface area (Å²) >= 11 is 3.36. The van der Waals surface area contributed by atoms with Gasteiger partial charge in [0.25, 0.3) is 0 Å². The zero-order valence-electron chi connectivity index (χ0n) is 11.4. The van der Waals surface area contributed by atoms with Crippen LogP contribution in [0.1, 0.15) is 38.7 Å². The molecule has 0 aliphatic carbocycles. The van der Waals surface area contributed by atoms with E-state index in [1.807, 2.05) is 6.92 Å². The van der Waals surface area contributed by atoms with Gasteiger partial charge in [0.05, 0.1) is 17.8 Å². The summed E-state index contributed by atoms with van der Waals surface area (Å²) in [4.78, 5) is 0. The number of aliphatic hydroxyl groups is 1. The van der Waals surface area contributed by atoms with Gasteiger partial charge >= 0.3 is 0 Å². The molecule has 0 spiro atoms. The Kier molecular flexibility index (Phi) is 4.33. The second kappa shape index (κ2) is 5.51. The number of ether oxygens (including phenoxy) is 1. The van der Waals surface area contributed by atoms with Gasteiger partial charge in [0, 0.05) is 17.3 Å². The number of rotatable bonds is 3. The van der Waals surface area contributed by atoms with Crippen molar-refractivity contribution in [3.63, 3.8) is 0 Å². The summed E-state index contributed by atoms with van der Waals surface area (Å²) < 4.78 is 19.6. The molecule has 1 aromatic carbocycles. The zero-order chi connectivity index (χ0) is 14.1. The average Bonchev–Trinajstić information content (AvgIpc) is 2.33. The lowest BCUT2D eigenvalue weighted by atomic mass is 9.78. The fourth-order valence-corrected chi connectivity index (χ4v) is 3.21. The molecule has 0 aromatic heterocycles. The van der Waals surface area contributed by atoms with Crippen molar-refractivity contribution in [2.45, 2.75) is 50.7 Å². The maximum atomic E-state index is 13.1. The van der Waals surface area contributed by atoms with Crippen molar-refractivity contribution >= 4 is 15.9 Å². The predicted octanol–water partition coefficient (Wildman–Crippen LogP) is 3.84. The molecule has 1 saturated heterocycles. The first-order valence-electron chi connectivity index (χ1n) is 6.66. The summed E-state index contributed by atoms with van der Waals surface area (Å²) in [6.07, 6.45) is 2.62. The molecule has 2 nitrogen and oxygen atoms in total. The first-order chi connectivity index (χ1) is 8.86. The highest BCUT2D eigenvalue weighted by Gasteiger charge is 2.41. The smallest absolute Gasteiger partial charge is 0.124 e. The Hall–Kier alpha value is -0.450. The maximum Gasteiger partial charge on any atom is 0.124 e. The summed E-state index contributed by atoms with van der Waals surface area (Å²) in [7, 11) is 0. The lowest BCUT2D eigenvalue weighted by molar-refractivity contribution is -0.152. The molecule has 0 saturated carbocycles. The SMILES string of the molecule is CCC1(C)CC(O)(Cc2ccc(F)cc2Br)CCO1. The Morgan fingerprint density at radius 1 is 1.47 bits per heavy atom. The van der Waals surface area contributed by atoms with Crippen molar-refractivity contribution in [2.75, 3.05) is 6.61 Å². The van der Waals surface area contributed by atoms with Crippen molar-refractivity contribution in [3.8, 4) is 0 Å². The molecule has 1 fully saturated rings. The normalized spacial score (nSPS) is 31.4. The molecular weight excluding hydrogens is 311 g/mol. The molecule has 0 bridgehead atoms. The first-order valence-corrected chi connectivity index (χ1v) is 7.45. The van der Waals surface area contributed by atoms with E-state index in [0.29, 0.717) is 30.3 Å². The standard InChI is InChI=1S/C15H20BrFO2/c1-3-14(2)10-15(18,6-7-19-14)9-11-4-5-12(17)8-13(11)16/h4-5,8,18H,3,6-7,9-10H2,1-2H3. The minimum Gasteiger partial charge on any atom is -0.389 e. The van der Waals surface area contributed by atoms with Crippen LogP contribution in [0.15, 0.2) is 22.7 Å². The van der Waals surface area contributed by atoms with Crippen LogP contribution in [0.5, 0.6) is 0 Å². The van der Waals surface area contributed by atoms with Crippen LogP contribution < -0.4 is 0 Å². The molecule has 1 N–H and O–H groups in total. The van der Waals surface area contributed by atoms with Gasteiger partial charge in [-0.25, -0.2) is 4.39 Å². The summed E-state index contributed by atoms with van der Waals surface area (Å²) in [5.41, 5.74) is -0.104. The molecule has 1 heterocycles. The molecule has 106 valence electrons. The largest absolute Gasteiger partial charge is 0.389 e. The molecule has 1 aliphatic heterocycles. The van der Waals surface area contributed by atoms with Gasteiger partial charge in [-0.1, -0.05) is 28.9 Å². The molecule has 1 aliphatic rings. The maximum absolute atomic E-state index is 13.1. The van der Waals surface area contributed by atoms with Crippen molar-refractivity contribution in [1.29, 1.82) is 0 Å². The van der Waals surface area contributed by atoms with Crippen LogP contribution in [0.2, 0.25) is 0 Å². The third-order valence-corrected chi connectivity index (χ3v) is 4.74. The van der Waals surface area contributed by atoms with Gasteiger partial charge in [-0.15, -0.1) is 0 Å². The van der Waals surface area contributed by atoms with Gasteiger partial charge in [0.2, 0.25) is 0 Å². The van der Waals surface area contributed by atoms with Gasteiger partial charge in [-0.3, -0.25) is 0 Å². The lowest BCUT2D eigenvalue weighted by Gasteiger charge is -2.43. The van der Waals surface area contributed by atoms with Crippen LogP contribution >= 0.6 is 15.9 Å². The second-order valence-electron chi connectivity index (χ2n) is 5.72. The summed E-state index contributed by atoms with van der Waals surface area (Å²) in [6.45, 7) is 4.68. The third kappa shape index (κ3) is 3.56. The molecule has 0 radical (unpaired) electrons. The Bertz CT molecular complexity index is 465. The summed E-state index contributed by atoms with van der Waals surface area (Å²) in [5, 5.41) is 10.8. The van der Waals surface area contributed by atoms with Crippen molar-refractivity contribution in [1.82, 2.24) is 0 Å². The van der Waals surface area contributed by atoms with Crippen LogP contribution in [-0.2, 0) is 11.2 Å². The van der Waals surface area contributed by atoms with Crippen LogP contribution in [0.4, 0.5) is 4.39 Å². The quantitative estimate of drug-likeness (QED) is 0.912. The fraction of sp³-hybridized carbons (Fsp3) is 0.600. The Morgan fingerprint density at radius 3 is 2.84 bits per heavy atom. The summed E-state index contributed by atoms with van der Waals surface area (Å²) in [5.74, 6) is -0.270. The predicted molar refractivity (Wildman–Crippen MR) is 76.6 cm³/mol. The van der Waals surface area contributed by atoms with Crippen LogP contribution in [-0.4, -0.2) is 22.9 Å². The minimum absolute atomic E-state index is 0.264. The van der Waals surface area contributed by atoms with Gasteiger partial charge in [-0.05, 0) is 37.5 Å². The highest BCUT2D eigenvalue weighted by atomic mass is 79.9. The fourth-order valence-electron chi connectivity index (χ4n) is 2.72. The highest BCUT2D eigenvalue weighted by molar-refractivity contribution is 9.10. The van der Waals surface area contributed by atoms with Crippen molar-refractivity contribution < 1.29 is 14.2 Å².